The molecule has 0 aliphatic rings. The second kappa shape index (κ2) is 7.60. The molecule has 0 atom stereocenters. The van der Waals surface area contributed by atoms with Gasteiger partial charge in [-0.2, -0.15) is 4.98 Å². The SMILES string of the molecule is CCCn1c(=O)[nH]c(=O)c2c1nc(Nc1nc3ccccc3[nH]1)n2Cc1ccccc1. The Labute approximate surface area is 176 Å². The van der Waals surface area contributed by atoms with E-state index in [0.717, 1.165) is 23.0 Å². The summed E-state index contributed by atoms with van der Waals surface area (Å²) in [6.45, 7) is 2.84. The Morgan fingerprint density at radius 2 is 1.71 bits per heavy atom. The summed E-state index contributed by atoms with van der Waals surface area (Å²) in [5.74, 6) is 0.936. The Balaban J connectivity index is 1.70. The van der Waals surface area contributed by atoms with E-state index in [-0.39, 0.29) is 0 Å². The molecule has 2 aromatic carbocycles. The maximum Gasteiger partial charge on any atom is 0.330 e. The monoisotopic (exact) mass is 415 g/mol. The Morgan fingerprint density at radius 3 is 2.48 bits per heavy atom. The number of hydrogen-bond donors (Lipinski definition) is 3. The van der Waals surface area contributed by atoms with E-state index in [9.17, 15) is 9.59 Å². The molecule has 0 fully saturated rings. The fraction of sp³-hybridized carbons (Fsp3) is 0.182. The van der Waals surface area contributed by atoms with Crippen LogP contribution in [0.5, 0.6) is 0 Å². The van der Waals surface area contributed by atoms with Crippen LogP contribution >= 0.6 is 0 Å². The number of nitrogens with one attached hydrogen (secondary N) is 3. The molecule has 31 heavy (non-hydrogen) atoms. The molecule has 9 nitrogen and oxygen atoms in total. The van der Waals surface area contributed by atoms with Crippen molar-refractivity contribution in [3.05, 3.63) is 81.0 Å². The van der Waals surface area contributed by atoms with Crippen molar-refractivity contribution in [1.29, 1.82) is 0 Å². The predicted molar refractivity (Wildman–Crippen MR) is 120 cm³/mol. The van der Waals surface area contributed by atoms with Crippen LogP contribution in [0, 0.1) is 0 Å². The van der Waals surface area contributed by atoms with Gasteiger partial charge < -0.3 is 4.98 Å². The van der Waals surface area contributed by atoms with Crippen LogP contribution in [0.2, 0.25) is 0 Å². The summed E-state index contributed by atoms with van der Waals surface area (Å²) in [5.41, 5.74) is 2.48. The molecule has 0 aliphatic carbocycles. The van der Waals surface area contributed by atoms with E-state index in [1.54, 1.807) is 4.57 Å². The summed E-state index contributed by atoms with van der Waals surface area (Å²) in [6.07, 6.45) is 0.735. The number of para-hydroxylation sites is 2. The third-order valence-electron chi connectivity index (χ3n) is 5.14. The Bertz CT molecular complexity index is 1460. The summed E-state index contributed by atoms with van der Waals surface area (Å²) >= 11 is 0. The van der Waals surface area contributed by atoms with E-state index in [2.05, 4.69) is 25.3 Å². The Hall–Kier alpha value is -4.14. The minimum absolute atomic E-state index is 0.343. The van der Waals surface area contributed by atoms with Gasteiger partial charge in [-0.15, -0.1) is 0 Å². The van der Waals surface area contributed by atoms with Crippen LogP contribution in [-0.4, -0.2) is 29.1 Å². The molecule has 0 unspecified atom stereocenters. The van der Waals surface area contributed by atoms with Gasteiger partial charge in [0.2, 0.25) is 11.9 Å². The van der Waals surface area contributed by atoms with Gasteiger partial charge in [0, 0.05) is 6.54 Å². The van der Waals surface area contributed by atoms with Gasteiger partial charge in [0.1, 0.15) is 0 Å². The molecule has 156 valence electrons. The zero-order valence-corrected chi connectivity index (χ0v) is 16.9. The van der Waals surface area contributed by atoms with Gasteiger partial charge in [-0.1, -0.05) is 49.4 Å². The number of benzene rings is 2. The third kappa shape index (κ3) is 3.39. The second-order valence-electron chi connectivity index (χ2n) is 7.32. The summed E-state index contributed by atoms with van der Waals surface area (Å²) in [7, 11) is 0. The molecule has 5 aromatic rings. The van der Waals surface area contributed by atoms with Crippen molar-refractivity contribution in [2.45, 2.75) is 26.4 Å². The topological polar surface area (TPSA) is 113 Å². The van der Waals surface area contributed by atoms with Crippen molar-refractivity contribution >= 4 is 34.1 Å². The maximum atomic E-state index is 12.8. The van der Waals surface area contributed by atoms with Crippen LogP contribution in [-0.2, 0) is 13.1 Å². The molecule has 0 amide bonds. The first-order chi connectivity index (χ1) is 15.1. The lowest BCUT2D eigenvalue weighted by molar-refractivity contribution is 0.652. The van der Waals surface area contributed by atoms with Gasteiger partial charge in [-0.25, -0.2) is 9.78 Å². The quantitative estimate of drug-likeness (QED) is 0.395. The summed E-state index contributed by atoms with van der Waals surface area (Å²) in [4.78, 5) is 40.1. The second-order valence-corrected chi connectivity index (χ2v) is 7.32. The lowest BCUT2D eigenvalue weighted by atomic mass is 10.2. The van der Waals surface area contributed by atoms with Crippen LogP contribution in [0.25, 0.3) is 22.2 Å². The van der Waals surface area contributed by atoms with Crippen LogP contribution in [0.3, 0.4) is 0 Å². The molecule has 0 saturated carbocycles. The molecule has 0 spiro atoms. The van der Waals surface area contributed by atoms with Gasteiger partial charge in [-0.05, 0) is 24.1 Å². The first-order valence-electron chi connectivity index (χ1n) is 10.1. The normalized spacial score (nSPS) is 11.4. The Morgan fingerprint density at radius 1 is 0.935 bits per heavy atom. The van der Waals surface area contributed by atoms with Crippen LogP contribution in [0.15, 0.2) is 64.2 Å². The van der Waals surface area contributed by atoms with Gasteiger partial charge >= 0.3 is 5.69 Å². The minimum atomic E-state index is -0.464. The number of fused-ring (bicyclic) bond motifs is 2. The highest BCUT2D eigenvalue weighted by Crippen LogP contribution is 2.22. The molecular weight excluding hydrogens is 394 g/mol. The number of hydrogen-bond acceptors (Lipinski definition) is 5. The summed E-state index contributed by atoms with van der Waals surface area (Å²) < 4.78 is 3.28. The van der Waals surface area contributed by atoms with E-state index >= 15 is 0 Å². The van der Waals surface area contributed by atoms with Crippen molar-refractivity contribution in [1.82, 2.24) is 29.1 Å². The maximum absolute atomic E-state index is 12.8. The molecule has 0 bridgehead atoms. The van der Waals surface area contributed by atoms with Crippen molar-refractivity contribution in [3.8, 4) is 0 Å². The molecule has 3 heterocycles. The fourth-order valence-electron chi connectivity index (χ4n) is 3.74. The van der Waals surface area contributed by atoms with Crippen LogP contribution in [0.1, 0.15) is 18.9 Å². The smallest absolute Gasteiger partial charge is 0.324 e. The molecule has 3 N–H and O–H groups in total. The highest BCUT2D eigenvalue weighted by atomic mass is 16.2. The van der Waals surface area contributed by atoms with Crippen LogP contribution in [0.4, 0.5) is 11.9 Å². The lowest BCUT2D eigenvalue weighted by Crippen LogP contribution is -2.31. The molecular formula is C22H21N7O2. The zero-order valence-electron chi connectivity index (χ0n) is 16.9. The Kier molecular flexibility index (Phi) is 4.62. The molecule has 9 heteroatoms. The van der Waals surface area contributed by atoms with Crippen molar-refractivity contribution in [2.24, 2.45) is 0 Å². The standard InChI is InChI=1S/C22H21N7O2/c1-2-12-28-18-17(19(30)26-22(28)31)29(13-14-8-4-3-5-9-14)21(25-18)27-20-23-15-10-6-7-11-16(15)24-20/h3-11H,2,12-13H2,1H3,(H,26,30,31)(H2,23,24,25,27). The first kappa shape index (κ1) is 18.9. The fourth-order valence-corrected chi connectivity index (χ4v) is 3.74. The molecule has 5 rings (SSSR count). The minimum Gasteiger partial charge on any atom is -0.324 e. The summed E-state index contributed by atoms with van der Waals surface area (Å²) in [5, 5.41) is 3.20. The predicted octanol–water partition coefficient (Wildman–Crippen LogP) is 2.96. The summed E-state index contributed by atoms with van der Waals surface area (Å²) in [6, 6.07) is 17.5. The van der Waals surface area contributed by atoms with Gasteiger partial charge in [-0.3, -0.25) is 24.2 Å². The van der Waals surface area contributed by atoms with Gasteiger partial charge in [0.05, 0.1) is 17.6 Å². The number of aryl methyl sites for hydroxylation is 1. The highest BCUT2D eigenvalue weighted by Gasteiger charge is 2.19. The van der Waals surface area contributed by atoms with E-state index in [1.807, 2.05) is 61.5 Å². The molecule has 0 aliphatic heterocycles. The van der Waals surface area contributed by atoms with Crippen molar-refractivity contribution in [2.75, 3.05) is 5.32 Å². The number of anilines is 2. The van der Waals surface area contributed by atoms with Crippen LogP contribution < -0.4 is 16.6 Å². The number of aromatic amines is 2. The number of H-pyrrole nitrogens is 2. The molecule has 0 saturated heterocycles. The van der Waals surface area contributed by atoms with Gasteiger partial charge in [0.25, 0.3) is 5.56 Å². The van der Waals surface area contributed by atoms with Crippen molar-refractivity contribution < 1.29 is 0 Å². The van der Waals surface area contributed by atoms with E-state index < -0.39 is 11.2 Å². The highest BCUT2D eigenvalue weighted by molar-refractivity contribution is 5.79. The molecule has 3 aromatic heterocycles. The zero-order chi connectivity index (χ0) is 21.4. The average molecular weight is 415 g/mol. The number of rotatable bonds is 6. The van der Waals surface area contributed by atoms with E-state index in [1.165, 1.54) is 4.57 Å². The lowest BCUT2D eigenvalue weighted by Gasteiger charge is -2.09. The molecule has 0 radical (unpaired) electrons. The third-order valence-corrected chi connectivity index (χ3v) is 5.14. The first-order valence-corrected chi connectivity index (χ1v) is 10.1. The average Bonchev–Trinajstić information content (AvgIpc) is 3.33. The number of imidazole rings is 2. The van der Waals surface area contributed by atoms with Crippen molar-refractivity contribution in [3.63, 3.8) is 0 Å². The van der Waals surface area contributed by atoms with E-state index in [4.69, 9.17) is 0 Å². The van der Waals surface area contributed by atoms with Gasteiger partial charge in [0.15, 0.2) is 11.2 Å². The number of nitrogens with zero attached hydrogens (tertiary/aromatic N) is 4. The largest absolute Gasteiger partial charge is 0.330 e. The van der Waals surface area contributed by atoms with E-state index in [0.29, 0.717) is 36.2 Å². The number of aromatic nitrogens is 6.